The summed E-state index contributed by atoms with van der Waals surface area (Å²) in [6, 6.07) is -0.0847. The van der Waals surface area contributed by atoms with Crippen molar-refractivity contribution in [2.24, 2.45) is 11.8 Å². The van der Waals surface area contributed by atoms with E-state index in [0.29, 0.717) is 12.8 Å². The van der Waals surface area contributed by atoms with Gasteiger partial charge in [0.2, 0.25) is 5.92 Å². The van der Waals surface area contributed by atoms with Gasteiger partial charge in [-0.25, -0.2) is 13.6 Å². The summed E-state index contributed by atoms with van der Waals surface area (Å²) in [5, 5.41) is 2.76. The molecule has 0 bridgehead atoms. The second-order valence-corrected chi connectivity index (χ2v) is 5.10. The van der Waals surface area contributed by atoms with Crippen molar-refractivity contribution >= 4 is 6.09 Å². The predicted molar refractivity (Wildman–Crippen MR) is 61.1 cm³/mol. The standard InChI is InChI=1S/C12H21F2NO2/c1-8(2)10(15-11(16)17-3)9-4-6-12(13,14)7-5-9/h8-10H,4-7H2,1-3H3,(H,15,16)/t10-/m1/s1. The molecule has 1 aliphatic rings. The van der Waals surface area contributed by atoms with Gasteiger partial charge in [-0.05, 0) is 24.7 Å². The molecule has 17 heavy (non-hydrogen) atoms. The highest BCUT2D eigenvalue weighted by molar-refractivity contribution is 5.67. The van der Waals surface area contributed by atoms with Crippen molar-refractivity contribution in [3.8, 4) is 0 Å². The number of carbonyl (C=O) groups excluding carboxylic acids is 1. The quantitative estimate of drug-likeness (QED) is 0.834. The van der Waals surface area contributed by atoms with Gasteiger partial charge in [0, 0.05) is 18.9 Å². The van der Waals surface area contributed by atoms with Gasteiger partial charge in [0.15, 0.2) is 0 Å². The van der Waals surface area contributed by atoms with E-state index in [1.807, 2.05) is 13.8 Å². The molecule has 0 saturated heterocycles. The molecule has 0 aromatic heterocycles. The normalized spacial score (nSPS) is 22.2. The minimum Gasteiger partial charge on any atom is -0.453 e. The number of methoxy groups -OCH3 is 1. The van der Waals surface area contributed by atoms with E-state index in [1.165, 1.54) is 7.11 Å². The maximum absolute atomic E-state index is 13.1. The molecule has 0 aliphatic heterocycles. The molecular weight excluding hydrogens is 228 g/mol. The summed E-state index contributed by atoms with van der Waals surface area (Å²) in [6.07, 6.45) is 0.272. The van der Waals surface area contributed by atoms with Crippen molar-refractivity contribution in [2.45, 2.75) is 51.5 Å². The van der Waals surface area contributed by atoms with Gasteiger partial charge in [-0.3, -0.25) is 0 Å². The zero-order chi connectivity index (χ0) is 13.1. The molecule has 0 spiro atoms. The van der Waals surface area contributed by atoms with Crippen LogP contribution in [0.25, 0.3) is 0 Å². The summed E-state index contributed by atoms with van der Waals surface area (Å²) in [6.45, 7) is 3.96. The van der Waals surface area contributed by atoms with Crippen LogP contribution in [0.5, 0.6) is 0 Å². The van der Waals surface area contributed by atoms with Crippen LogP contribution >= 0.6 is 0 Å². The van der Waals surface area contributed by atoms with Gasteiger partial charge in [-0.15, -0.1) is 0 Å². The molecule has 0 aromatic carbocycles. The molecule has 1 fully saturated rings. The van der Waals surface area contributed by atoms with Gasteiger partial charge >= 0.3 is 6.09 Å². The Balaban J connectivity index is 2.57. The van der Waals surface area contributed by atoms with E-state index in [4.69, 9.17) is 0 Å². The summed E-state index contributed by atoms with van der Waals surface area (Å²) < 4.78 is 30.7. The first kappa shape index (κ1) is 14.2. The van der Waals surface area contributed by atoms with Gasteiger partial charge in [0.1, 0.15) is 0 Å². The Kier molecular flexibility index (Phi) is 4.71. The minimum atomic E-state index is -2.52. The molecule has 5 heteroatoms. The van der Waals surface area contributed by atoms with Crippen molar-refractivity contribution in [1.82, 2.24) is 5.32 Å². The molecule has 1 rings (SSSR count). The van der Waals surface area contributed by atoms with E-state index in [0.717, 1.165) is 0 Å². The van der Waals surface area contributed by atoms with Crippen LogP contribution in [0.2, 0.25) is 0 Å². The van der Waals surface area contributed by atoms with Crippen LogP contribution in [0, 0.1) is 11.8 Å². The average molecular weight is 249 g/mol. The van der Waals surface area contributed by atoms with E-state index < -0.39 is 12.0 Å². The number of carbonyl (C=O) groups is 1. The van der Waals surface area contributed by atoms with Crippen LogP contribution in [0.15, 0.2) is 0 Å². The van der Waals surface area contributed by atoms with Gasteiger partial charge in [-0.2, -0.15) is 0 Å². The van der Waals surface area contributed by atoms with Gasteiger partial charge in [0.25, 0.3) is 0 Å². The fourth-order valence-electron chi connectivity index (χ4n) is 2.45. The number of nitrogens with one attached hydrogen (secondary N) is 1. The Morgan fingerprint density at radius 1 is 1.35 bits per heavy atom. The summed E-state index contributed by atoms with van der Waals surface area (Å²) in [5.41, 5.74) is 0. The van der Waals surface area contributed by atoms with Crippen LogP contribution in [0.3, 0.4) is 0 Å². The van der Waals surface area contributed by atoms with E-state index in [-0.39, 0.29) is 30.7 Å². The third kappa shape index (κ3) is 4.13. The first-order valence-electron chi connectivity index (χ1n) is 6.08. The van der Waals surface area contributed by atoms with Crippen LogP contribution in [0.1, 0.15) is 39.5 Å². The maximum Gasteiger partial charge on any atom is 0.407 e. The fourth-order valence-corrected chi connectivity index (χ4v) is 2.45. The Morgan fingerprint density at radius 2 is 1.88 bits per heavy atom. The Morgan fingerprint density at radius 3 is 2.29 bits per heavy atom. The maximum atomic E-state index is 13.1. The fraction of sp³-hybridized carbons (Fsp3) is 0.917. The molecular formula is C12H21F2NO2. The second kappa shape index (κ2) is 5.65. The number of hydrogen-bond acceptors (Lipinski definition) is 2. The molecule has 3 nitrogen and oxygen atoms in total. The lowest BCUT2D eigenvalue weighted by Gasteiger charge is -2.35. The zero-order valence-corrected chi connectivity index (χ0v) is 10.6. The molecule has 0 unspecified atom stereocenters. The summed E-state index contributed by atoms with van der Waals surface area (Å²) in [4.78, 5) is 11.2. The molecule has 0 aromatic rings. The number of ether oxygens (including phenoxy) is 1. The van der Waals surface area contributed by atoms with Crippen LogP contribution in [-0.4, -0.2) is 25.2 Å². The summed E-state index contributed by atoms with van der Waals surface area (Å²) in [7, 11) is 1.31. The van der Waals surface area contributed by atoms with E-state index in [2.05, 4.69) is 10.1 Å². The highest BCUT2D eigenvalue weighted by atomic mass is 19.3. The molecule has 100 valence electrons. The van der Waals surface area contributed by atoms with Crippen molar-refractivity contribution < 1.29 is 18.3 Å². The lowest BCUT2D eigenvalue weighted by atomic mass is 9.78. The topological polar surface area (TPSA) is 38.3 Å². The molecule has 1 saturated carbocycles. The number of hydrogen-bond donors (Lipinski definition) is 1. The summed E-state index contributed by atoms with van der Waals surface area (Å²) >= 11 is 0. The largest absolute Gasteiger partial charge is 0.453 e. The van der Waals surface area contributed by atoms with E-state index in [1.54, 1.807) is 0 Å². The minimum absolute atomic E-state index is 0.0796. The molecule has 1 N–H and O–H groups in total. The number of amides is 1. The monoisotopic (exact) mass is 249 g/mol. The molecule has 0 radical (unpaired) electrons. The molecule has 1 aliphatic carbocycles. The van der Waals surface area contributed by atoms with Gasteiger partial charge in [0.05, 0.1) is 7.11 Å². The van der Waals surface area contributed by atoms with Crippen LogP contribution in [-0.2, 0) is 4.74 Å². The van der Waals surface area contributed by atoms with E-state index >= 15 is 0 Å². The average Bonchev–Trinajstić information content (AvgIpc) is 2.26. The van der Waals surface area contributed by atoms with Crippen LogP contribution in [0.4, 0.5) is 13.6 Å². The lowest BCUT2D eigenvalue weighted by molar-refractivity contribution is -0.0511. The van der Waals surface area contributed by atoms with Gasteiger partial charge in [-0.1, -0.05) is 13.8 Å². The predicted octanol–water partition coefficient (Wildman–Crippen LogP) is 3.19. The zero-order valence-electron chi connectivity index (χ0n) is 10.6. The highest BCUT2D eigenvalue weighted by Gasteiger charge is 2.38. The Bertz CT molecular complexity index is 259. The Hall–Kier alpha value is -0.870. The van der Waals surface area contributed by atoms with Crippen molar-refractivity contribution in [3.05, 3.63) is 0 Å². The number of rotatable bonds is 3. The lowest BCUT2D eigenvalue weighted by Crippen LogP contribution is -2.46. The SMILES string of the molecule is COC(=O)N[C@H](C(C)C)C1CCC(F)(F)CC1. The van der Waals surface area contributed by atoms with Crippen molar-refractivity contribution in [1.29, 1.82) is 0 Å². The first-order valence-corrected chi connectivity index (χ1v) is 6.08. The third-order valence-electron chi connectivity index (χ3n) is 3.46. The summed E-state index contributed by atoms with van der Waals surface area (Å²) in [5.74, 6) is -2.19. The van der Waals surface area contributed by atoms with Crippen LogP contribution < -0.4 is 5.32 Å². The van der Waals surface area contributed by atoms with Crippen molar-refractivity contribution in [3.63, 3.8) is 0 Å². The third-order valence-corrected chi connectivity index (χ3v) is 3.46. The van der Waals surface area contributed by atoms with Crippen molar-refractivity contribution in [2.75, 3.05) is 7.11 Å². The second-order valence-electron chi connectivity index (χ2n) is 5.10. The highest BCUT2D eigenvalue weighted by Crippen LogP contribution is 2.38. The molecule has 1 atom stereocenters. The Labute approximate surface area is 101 Å². The number of halogens is 2. The number of alkyl carbamates (subject to hydrolysis) is 1. The van der Waals surface area contributed by atoms with Gasteiger partial charge < -0.3 is 10.1 Å². The first-order chi connectivity index (χ1) is 7.85. The number of alkyl halides is 2. The van der Waals surface area contributed by atoms with E-state index in [9.17, 15) is 13.6 Å². The molecule has 1 amide bonds. The molecule has 0 heterocycles. The smallest absolute Gasteiger partial charge is 0.407 e.